The SMILES string of the molecule is CCCC(N)=NCCCNC(CCC)c1ccc(-n2cc3cc(-c4cc(CCCC(C)N)cc(Cl)c4F)[nH]c3nc2=O)cc1. The van der Waals surface area contributed by atoms with E-state index in [9.17, 15) is 4.79 Å². The number of nitrogens with one attached hydrogen (secondary N) is 2. The number of halogens is 2. The Labute approximate surface area is 264 Å². The number of nitrogens with zero attached hydrogens (tertiary/aromatic N) is 3. The zero-order valence-electron chi connectivity index (χ0n) is 26.0. The molecule has 0 amide bonds. The summed E-state index contributed by atoms with van der Waals surface area (Å²) in [6.45, 7) is 7.79. The number of benzene rings is 2. The summed E-state index contributed by atoms with van der Waals surface area (Å²) >= 11 is 6.26. The normalized spacial score (nSPS) is 13.5. The molecule has 2 heterocycles. The third-order valence-electron chi connectivity index (χ3n) is 7.71. The summed E-state index contributed by atoms with van der Waals surface area (Å²) in [4.78, 5) is 24.8. The molecule has 6 N–H and O–H groups in total. The minimum atomic E-state index is -0.511. The zero-order valence-corrected chi connectivity index (χ0v) is 26.8. The van der Waals surface area contributed by atoms with Crippen molar-refractivity contribution in [2.75, 3.05) is 13.1 Å². The highest BCUT2D eigenvalue weighted by Gasteiger charge is 2.16. The lowest BCUT2D eigenvalue weighted by Gasteiger charge is -2.19. The van der Waals surface area contributed by atoms with Crippen LogP contribution in [0.15, 0.2) is 58.4 Å². The third-order valence-corrected chi connectivity index (χ3v) is 7.98. The Morgan fingerprint density at radius 2 is 1.91 bits per heavy atom. The van der Waals surface area contributed by atoms with Crippen molar-refractivity contribution < 1.29 is 4.39 Å². The molecule has 2 aromatic carbocycles. The predicted octanol–water partition coefficient (Wildman–Crippen LogP) is 6.82. The fourth-order valence-electron chi connectivity index (χ4n) is 5.39. The van der Waals surface area contributed by atoms with Crippen molar-refractivity contribution in [1.82, 2.24) is 19.9 Å². The summed E-state index contributed by atoms with van der Waals surface area (Å²) < 4.78 is 16.6. The summed E-state index contributed by atoms with van der Waals surface area (Å²) in [7, 11) is 0. The number of fused-ring (bicyclic) bond motifs is 1. The minimum absolute atomic E-state index is 0.0608. The standard InChI is InChI=1S/C34H45ClFN7O/c1-4-8-29(39-16-7-17-40-31(38)9-5-2)24-12-14-26(15-13-24)43-21-25-20-30(41-33(25)42-34(43)44)27-18-23(11-6-10-22(3)37)19-28(35)32(27)36/h12-15,18-22,29,39H,4-11,16-17,37H2,1-3H3,(H2,38,40)(H,41,42,44). The van der Waals surface area contributed by atoms with Crippen molar-refractivity contribution in [3.05, 3.63) is 81.1 Å². The minimum Gasteiger partial charge on any atom is -0.387 e. The van der Waals surface area contributed by atoms with Crippen molar-refractivity contribution in [2.45, 2.75) is 84.2 Å². The highest BCUT2D eigenvalue weighted by Crippen LogP contribution is 2.31. The molecule has 0 saturated heterocycles. The van der Waals surface area contributed by atoms with Crippen LogP contribution < -0.4 is 22.5 Å². The Hall–Kier alpha value is -3.53. The van der Waals surface area contributed by atoms with Gasteiger partial charge in [0, 0.05) is 42.2 Å². The van der Waals surface area contributed by atoms with Crippen LogP contribution in [0.2, 0.25) is 5.02 Å². The molecule has 0 aliphatic carbocycles. The third kappa shape index (κ3) is 8.77. The smallest absolute Gasteiger partial charge is 0.354 e. The molecule has 4 aromatic rings. The number of nitrogens with two attached hydrogens (primary N) is 2. The number of aromatic nitrogens is 3. The van der Waals surface area contributed by atoms with Gasteiger partial charge in [0.15, 0.2) is 5.82 Å². The van der Waals surface area contributed by atoms with E-state index in [0.717, 1.165) is 81.4 Å². The molecule has 0 radical (unpaired) electrons. The number of aromatic amines is 1. The van der Waals surface area contributed by atoms with E-state index in [1.807, 2.05) is 31.2 Å². The van der Waals surface area contributed by atoms with E-state index in [1.165, 1.54) is 4.57 Å². The number of hydrogen-bond acceptors (Lipinski definition) is 5. The Morgan fingerprint density at radius 1 is 1.14 bits per heavy atom. The average Bonchev–Trinajstić information content (AvgIpc) is 3.40. The van der Waals surface area contributed by atoms with Gasteiger partial charge in [-0.1, -0.05) is 44.0 Å². The zero-order chi connectivity index (χ0) is 31.6. The van der Waals surface area contributed by atoms with Crippen LogP contribution in [0, 0.1) is 5.82 Å². The van der Waals surface area contributed by atoms with Gasteiger partial charge < -0.3 is 21.8 Å². The average molecular weight is 622 g/mol. The maximum Gasteiger partial charge on any atom is 0.354 e. The van der Waals surface area contributed by atoms with Crippen LogP contribution >= 0.6 is 11.6 Å². The van der Waals surface area contributed by atoms with Crippen molar-refractivity contribution >= 4 is 28.5 Å². The number of aliphatic imine (C=N–C) groups is 1. The van der Waals surface area contributed by atoms with Crippen LogP contribution in [0.3, 0.4) is 0 Å². The van der Waals surface area contributed by atoms with Crippen molar-refractivity contribution in [3.8, 4) is 16.9 Å². The van der Waals surface area contributed by atoms with E-state index in [4.69, 9.17) is 23.1 Å². The molecular weight excluding hydrogens is 577 g/mol. The van der Waals surface area contributed by atoms with Gasteiger partial charge in [0.2, 0.25) is 0 Å². The molecule has 0 fully saturated rings. The van der Waals surface area contributed by atoms with Crippen LogP contribution in [0.4, 0.5) is 4.39 Å². The van der Waals surface area contributed by atoms with E-state index < -0.39 is 11.5 Å². The summed E-state index contributed by atoms with van der Waals surface area (Å²) in [5.41, 5.74) is 15.4. The van der Waals surface area contributed by atoms with Gasteiger partial charge in [-0.3, -0.25) is 9.56 Å². The topological polar surface area (TPSA) is 127 Å². The molecule has 0 spiro atoms. The van der Waals surface area contributed by atoms with Crippen molar-refractivity contribution in [1.29, 1.82) is 0 Å². The Kier molecular flexibility index (Phi) is 12.1. The van der Waals surface area contributed by atoms with E-state index >= 15 is 4.39 Å². The summed E-state index contributed by atoms with van der Waals surface area (Å²) in [6.07, 6.45) is 9.01. The van der Waals surface area contributed by atoms with Gasteiger partial charge in [-0.05, 0) is 93.5 Å². The maximum atomic E-state index is 15.1. The molecule has 0 aliphatic rings. The van der Waals surface area contributed by atoms with Gasteiger partial charge in [0.1, 0.15) is 5.65 Å². The maximum absolute atomic E-state index is 15.1. The predicted molar refractivity (Wildman–Crippen MR) is 180 cm³/mol. The molecule has 0 bridgehead atoms. The quantitative estimate of drug-likeness (QED) is 0.0620. The first-order valence-corrected chi connectivity index (χ1v) is 16.1. The lowest BCUT2D eigenvalue weighted by atomic mass is 10.0. The van der Waals surface area contributed by atoms with Gasteiger partial charge >= 0.3 is 5.69 Å². The molecule has 8 nitrogen and oxygen atoms in total. The molecule has 10 heteroatoms. The summed E-state index contributed by atoms with van der Waals surface area (Å²) in [5.74, 6) is 0.213. The van der Waals surface area contributed by atoms with E-state index in [-0.39, 0.29) is 17.1 Å². The highest BCUT2D eigenvalue weighted by atomic mass is 35.5. The number of rotatable bonds is 16. The van der Waals surface area contributed by atoms with Crippen LogP contribution in [-0.2, 0) is 6.42 Å². The second-order valence-electron chi connectivity index (χ2n) is 11.6. The van der Waals surface area contributed by atoms with E-state index in [2.05, 4.69) is 34.1 Å². The molecule has 2 atom stereocenters. The van der Waals surface area contributed by atoms with Gasteiger partial charge in [0.05, 0.1) is 22.2 Å². The summed E-state index contributed by atoms with van der Waals surface area (Å²) in [5, 5.41) is 4.39. The molecule has 0 saturated carbocycles. The number of aryl methyl sites for hydroxylation is 1. The highest BCUT2D eigenvalue weighted by molar-refractivity contribution is 6.31. The first kappa shape index (κ1) is 33.4. The first-order valence-electron chi connectivity index (χ1n) is 15.7. The van der Waals surface area contributed by atoms with Gasteiger partial charge in [0.25, 0.3) is 0 Å². The molecular formula is C34H45ClFN7O. The summed E-state index contributed by atoms with van der Waals surface area (Å²) in [6, 6.07) is 13.5. The number of hydrogen-bond donors (Lipinski definition) is 4. The fraction of sp³-hybridized carbons (Fsp3) is 0.441. The molecule has 44 heavy (non-hydrogen) atoms. The van der Waals surface area contributed by atoms with Crippen molar-refractivity contribution in [3.63, 3.8) is 0 Å². The molecule has 2 unspecified atom stereocenters. The van der Waals surface area contributed by atoms with E-state index in [0.29, 0.717) is 28.0 Å². The molecule has 236 valence electrons. The van der Waals surface area contributed by atoms with Gasteiger partial charge in [-0.2, -0.15) is 4.98 Å². The van der Waals surface area contributed by atoms with Crippen molar-refractivity contribution in [2.24, 2.45) is 16.5 Å². The lowest BCUT2D eigenvalue weighted by Crippen LogP contribution is -2.24. The van der Waals surface area contributed by atoms with Gasteiger partial charge in [-0.25, -0.2) is 9.18 Å². The molecule has 4 rings (SSSR count). The van der Waals surface area contributed by atoms with Crippen LogP contribution in [-0.4, -0.2) is 39.5 Å². The Bertz CT molecular complexity index is 1610. The number of H-pyrrole nitrogens is 1. The Balaban J connectivity index is 1.51. The Morgan fingerprint density at radius 3 is 2.61 bits per heavy atom. The molecule has 0 aliphatic heterocycles. The van der Waals surface area contributed by atoms with E-state index in [1.54, 1.807) is 24.4 Å². The van der Waals surface area contributed by atoms with Crippen LogP contribution in [0.25, 0.3) is 28.0 Å². The lowest BCUT2D eigenvalue weighted by molar-refractivity contribution is 0.489. The number of amidine groups is 1. The van der Waals surface area contributed by atoms with Crippen LogP contribution in [0.5, 0.6) is 0 Å². The van der Waals surface area contributed by atoms with Gasteiger partial charge in [-0.15, -0.1) is 0 Å². The monoisotopic (exact) mass is 621 g/mol. The molecule has 2 aromatic heterocycles. The first-order chi connectivity index (χ1) is 21.2. The van der Waals surface area contributed by atoms with Crippen LogP contribution in [0.1, 0.15) is 82.9 Å². The second kappa shape index (κ2) is 16.0. The largest absolute Gasteiger partial charge is 0.387 e. The fourth-order valence-corrected chi connectivity index (χ4v) is 5.64. The second-order valence-corrected chi connectivity index (χ2v) is 12.0.